The van der Waals surface area contributed by atoms with Crippen LogP contribution >= 0.6 is 0 Å². The molecule has 2 nitrogen and oxygen atoms in total. The normalized spacial score (nSPS) is 10.8. The zero-order chi connectivity index (χ0) is 8.85. The summed E-state index contributed by atoms with van der Waals surface area (Å²) in [5.41, 5.74) is 6.69. The Morgan fingerprint density at radius 1 is 1.64 bits per heavy atom. The molecule has 0 aliphatic heterocycles. The molecule has 1 amide bonds. The molecule has 11 heavy (non-hydrogen) atoms. The van der Waals surface area contributed by atoms with E-state index in [4.69, 9.17) is 5.73 Å². The highest BCUT2D eigenvalue weighted by molar-refractivity contribution is 5.77. The highest BCUT2D eigenvalue weighted by Gasteiger charge is 1.96. The summed E-state index contributed by atoms with van der Waals surface area (Å²) < 4.78 is 0. The van der Waals surface area contributed by atoms with Crippen LogP contribution in [0.2, 0.25) is 0 Å². The van der Waals surface area contributed by atoms with E-state index in [1.165, 1.54) is 0 Å². The lowest BCUT2D eigenvalue weighted by atomic mass is 10.1. The van der Waals surface area contributed by atoms with Gasteiger partial charge in [0.15, 0.2) is 0 Å². The van der Waals surface area contributed by atoms with E-state index in [1.807, 2.05) is 6.92 Å². The average molecular weight is 151 g/mol. The van der Waals surface area contributed by atoms with E-state index in [0.717, 1.165) is 11.1 Å². The Kier molecular flexibility index (Phi) is 3.96. The summed E-state index contributed by atoms with van der Waals surface area (Å²) >= 11 is 0. The van der Waals surface area contributed by atoms with E-state index >= 15 is 0 Å². The number of carbonyl (C=O) groups excluding carboxylic acids is 1. The summed E-state index contributed by atoms with van der Waals surface area (Å²) in [5, 5.41) is 0. The maximum absolute atomic E-state index is 10.5. The van der Waals surface area contributed by atoms with Crippen LogP contribution in [0, 0.1) is 0 Å². The van der Waals surface area contributed by atoms with Gasteiger partial charge in [-0.2, -0.15) is 0 Å². The van der Waals surface area contributed by atoms with Crippen LogP contribution in [0.4, 0.5) is 0 Å². The summed E-state index contributed by atoms with van der Waals surface area (Å²) in [6.45, 7) is 9.08. The Bertz CT molecular complexity index is 214. The van der Waals surface area contributed by atoms with Crippen LogP contribution in [0.1, 0.15) is 13.3 Å². The van der Waals surface area contributed by atoms with Crippen molar-refractivity contribution < 1.29 is 4.79 Å². The third kappa shape index (κ3) is 5.15. The summed E-state index contributed by atoms with van der Waals surface area (Å²) in [5.74, 6) is -0.350. The molecule has 0 spiro atoms. The molecule has 0 aliphatic carbocycles. The topological polar surface area (TPSA) is 43.1 Å². The number of amides is 1. The van der Waals surface area contributed by atoms with Crippen LogP contribution in [0.15, 0.2) is 36.5 Å². The molecule has 0 unspecified atom stereocenters. The summed E-state index contributed by atoms with van der Waals surface area (Å²) in [6.07, 6.45) is 3.63. The predicted molar refractivity (Wildman–Crippen MR) is 46.9 cm³/mol. The molecule has 0 aromatic rings. The zero-order valence-corrected chi connectivity index (χ0v) is 6.76. The molecule has 0 bridgehead atoms. The van der Waals surface area contributed by atoms with Crippen molar-refractivity contribution in [1.29, 1.82) is 0 Å². The van der Waals surface area contributed by atoms with Gasteiger partial charge in [-0.25, -0.2) is 0 Å². The number of primary amides is 1. The zero-order valence-electron chi connectivity index (χ0n) is 6.76. The SMILES string of the molecule is C=C/C(=C\C(=C)C)CC(N)=O. The van der Waals surface area contributed by atoms with Crippen molar-refractivity contribution >= 4 is 5.91 Å². The van der Waals surface area contributed by atoms with Gasteiger partial charge in [0.2, 0.25) is 5.91 Å². The molecule has 0 fully saturated rings. The lowest BCUT2D eigenvalue weighted by molar-refractivity contribution is -0.117. The van der Waals surface area contributed by atoms with Crippen LogP contribution in [-0.2, 0) is 4.79 Å². The molecule has 0 aliphatic rings. The average Bonchev–Trinajstić information content (AvgIpc) is 1.84. The van der Waals surface area contributed by atoms with Gasteiger partial charge in [0.25, 0.3) is 0 Å². The largest absolute Gasteiger partial charge is 0.369 e. The lowest BCUT2D eigenvalue weighted by Gasteiger charge is -1.96. The molecule has 0 saturated heterocycles. The van der Waals surface area contributed by atoms with Crippen molar-refractivity contribution in [3.8, 4) is 0 Å². The van der Waals surface area contributed by atoms with Gasteiger partial charge >= 0.3 is 0 Å². The molecule has 0 radical (unpaired) electrons. The minimum absolute atomic E-state index is 0.232. The number of nitrogens with two attached hydrogens (primary N) is 1. The first-order valence-corrected chi connectivity index (χ1v) is 3.33. The Labute approximate surface area is 67.1 Å². The van der Waals surface area contributed by atoms with Gasteiger partial charge in [0.05, 0.1) is 6.42 Å². The second kappa shape index (κ2) is 4.50. The molecule has 0 saturated carbocycles. The molecular formula is C9H13NO. The van der Waals surface area contributed by atoms with Gasteiger partial charge in [-0.05, 0) is 12.5 Å². The first kappa shape index (κ1) is 9.69. The second-order valence-corrected chi connectivity index (χ2v) is 2.41. The summed E-state index contributed by atoms with van der Waals surface area (Å²) in [6, 6.07) is 0. The first-order valence-electron chi connectivity index (χ1n) is 3.33. The van der Waals surface area contributed by atoms with Crippen molar-refractivity contribution in [3.05, 3.63) is 36.5 Å². The van der Waals surface area contributed by atoms with Gasteiger partial charge in [-0.15, -0.1) is 0 Å². The maximum Gasteiger partial charge on any atom is 0.221 e. The number of hydrogen-bond donors (Lipinski definition) is 1. The molecule has 0 rings (SSSR count). The van der Waals surface area contributed by atoms with Gasteiger partial charge in [0.1, 0.15) is 0 Å². The van der Waals surface area contributed by atoms with E-state index in [0.29, 0.717) is 0 Å². The standard InChI is InChI=1S/C9H13NO/c1-4-8(5-7(2)3)6-9(10)11/h4-5H,1-2,6H2,3H3,(H2,10,11)/b8-5+. The Hall–Kier alpha value is -1.31. The fraction of sp³-hybridized carbons (Fsp3) is 0.222. The molecule has 60 valence electrons. The van der Waals surface area contributed by atoms with E-state index in [9.17, 15) is 4.79 Å². The van der Waals surface area contributed by atoms with Crippen LogP contribution in [0.5, 0.6) is 0 Å². The van der Waals surface area contributed by atoms with E-state index in [2.05, 4.69) is 13.2 Å². The third-order valence-electron chi connectivity index (χ3n) is 1.07. The van der Waals surface area contributed by atoms with Crippen LogP contribution in [0.25, 0.3) is 0 Å². The first-order chi connectivity index (χ1) is 5.06. The summed E-state index contributed by atoms with van der Waals surface area (Å²) in [7, 11) is 0. The Balaban J connectivity index is 4.28. The second-order valence-electron chi connectivity index (χ2n) is 2.41. The lowest BCUT2D eigenvalue weighted by Crippen LogP contribution is -2.10. The minimum Gasteiger partial charge on any atom is -0.369 e. The van der Waals surface area contributed by atoms with Gasteiger partial charge in [0, 0.05) is 0 Å². The van der Waals surface area contributed by atoms with E-state index in [-0.39, 0.29) is 12.3 Å². The molecule has 0 aromatic heterocycles. The van der Waals surface area contributed by atoms with E-state index < -0.39 is 0 Å². The van der Waals surface area contributed by atoms with Crippen molar-refractivity contribution in [1.82, 2.24) is 0 Å². The number of allylic oxidation sites excluding steroid dienone is 3. The van der Waals surface area contributed by atoms with Crippen LogP contribution in [0.3, 0.4) is 0 Å². The van der Waals surface area contributed by atoms with Crippen molar-refractivity contribution in [2.24, 2.45) is 5.73 Å². The highest BCUT2D eigenvalue weighted by atomic mass is 16.1. The summed E-state index contributed by atoms with van der Waals surface area (Å²) in [4.78, 5) is 10.5. The maximum atomic E-state index is 10.5. The fourth-order valence-corrected chi connectivity index (χ4v) is 0.700. The molecule has 0 heterocycles. The third-order valence-corrected chi connectivity index (χ3v) is 1.07. The monoisotopic (exact) mass is 151 g/mol. The Morgan fingerprint density at radius 2 is 2.18 bits per heavy atom. The fourth-order valence-electron chi connectivity index (χ4n) is 0.700. The number of carbonyl (C=O) groups is 1. The smallest absolute Gasteiger partial charge is 0.221 e. The van der Waals surface area contributed by atoms with Gasteiger partial charge in [-0.1, -0.05) is 30.9 Å². The Morgan fingerprint density at radius 3 is 2.45 bits per heavy atom. The number of rotatable bonds is 4. The van der Waals surface area contributed by atoms with Crippen molar-refractivity contribution in [3.63, 3.8) is 0 Å². The molecule has 2 heteroatoms. The highest BCUT2D eigenvalue weighted by Crippen LogP contribution is 2.05. The number of hydrogen-bond acceptors (Lipinski definition) is 1. The predicted octanol–water partition coefficient (Wildman–Crippen LogP) is 1.55. The van der Waals surface area contributed by atoms with Crippen LogP contribution in [-0.4, -0.2) is 5.91 Å². The van der Waals surface area contributed by atoms with Gasteiger partial charge < -0.3 is 5.73 Å². The minimum atomic E-state index is -0.350. The van der Waals surface area contributed by atoms with Gasteiger partial charge in [-0.3, -0.25) is 4.79 Å². The molecule has 0 aromatic carbocycles. The molecule has 0 atom stereocenters. The molecular weight excluding hydrogens is 138 g/mol. The quantitative estimate of drug-likeness (QED) is 0.608. The molecule has 2 N–H and O–H groups in total. The van der Waals surface area contributed by atoms with Crippen LogP contribution < -0.4 is 5.73 Å². The van der Waals surface area contributed by atoms with Crippen molar-refractivity contribution in [2.75, 3.05) is 0 Å². The van der Waals surface area contributed by atoms with Crippen molar-refractivity contribution in [2.45, 2.75) is 13.3 Å². The van der Waals surface area contributed by atoms with E-state index in [1.54, 1.807) is 12.2 Å².